The van der Waals surface area contributed by atoms with Crippen LogP contribution in [0.25, 0.3) is 0 Å². The Bertz CT molecular complexity index is 863. The van der Waals surface area contributed by atoms with Crippen molar-refractivity contribution in [2.45, 2.75) is 19.9 Å². The monoisotopic (exact) mass is 347 g/mol. The zero-order valence-electron chi connectivity index (χ0n) is 12.9. The van der Waals surface area contributed by atoms with E-state index in [4.69, 9.17) is 4.52 Å². The first-order valence-corrected chi connectivity index (χ1v) is 7.89. The number of carbonyl (C=O) groups excluding carboxylic acids is 1. The van der Waals surface area contributed by atoms with Gasteiger partial charge in [-0.05, 0) is 13.0 Å². The summed E-state index contributed by atoms with van der Waals surface area (Å²) in [7, 11) is 0. The lowest BCUT2D eigenvalue weighted by atomic mass is 10.1. The minimum Gasteiger partial charge on any atom is -0.340 e. The van der Waals surface area contributed by atoms with Crippen molar-refractivity contribution in [3.05, 3.63) is 58.4 Å². The number of rotatable bonds is 4. The van der Waals surface area contributed by atoms with Crippen molar-refractivity contribution in [1.29, 1.82) is 0 Å². The molecule has 1 atom stereocenters. The number of halogens is 1. The van der Waals surface area contributed by atoms with Crippen LogP contribution in [0.1, 0.15) is 28.2 Å². The van der Waals surface area contributed by atoms with Crippen LogP contribution in [0, 0.1) is 19.7 Å². The summed E-state index contributed by atoms with van der Waals surface area (Å²) in [5, 5.41) is 9.50. The van der Waals surface area contributed by atoms with Gasteiger partial charge in [-0.1, -0.05) is 23.4 Å². The van der Waals surface area contributed by atoms with Crippen molar-refractivity contribution in [2.75, 3.05) is 5.32 Å². The van der Waals surface area contributed by atoms with E-state index in [1.165, 1.54) is 17.4 Å². The fourth-order valence-electron chi connectivity index (χ4n) is 2.10. The SMILES string of the molecule is Cc1nc(C(NC(=O)Nc2ncc(C)s2)c2ccccc2F)no1. The molecule has 2 N–H and O–H groups in total. The number of nitrogens with zero attached hydrogens (tertiary/aromatic N) is 3. The second-order valence-electron chi connectivity index (χ2n) is 5.00. The lowest BCUT2D eigenvalue weighted by Gasteiger charge is -2.16. The number of urea groups is 1. The lowest BCUT2D eigenvalue weighted by Crippen LogP contribution is -2.34. The Balaban J connectivity index is 1.85. The Kier molecular flexibility index (Phi) is 4.52. The number of amides is 2. The average Bonchev–Trinajstić information content (AvgIpc) is 3.14. The van der Waals surface area contributed by atoms with E-state index < -0.39 is 17.9 Å². The number of aryl methyl sites for hydroxylation is 2. The maximum Gasteiger partial charge on any atom is 0.321 e. The summed E-state index contributed by atoms with van der Waals surface area (Å²) in [6.45, 7) is 3.50. The molecule has 0 fully saturated rings. The van der Waals surface area contributed by atoms with Crippen molar-refractivity contribution in [1.82, 2.24) is 20.4 Å². The van der Waals surface area contributed by atoms with E-state index in [1.807, 2.05) is 6.92 Å². The van der Waals surface area contributed by atoms with Gasteiger partial charge in [0.05, 0.1) is 0 Å². The van der Waals surface area contributed by atoms with E-state index in [2.05, 4.69) is 25.8 Å². The van der Waals surface area contributed by atoms with Gasteiger partial charge in [0.1, 0.15) is 11.9 Å². The standard InChI is InChI=1S/C15H14FN5O2S/c1-8-7-17-15(24-8)20-14(22)19-12(13-18-9(2)23-21-13)10-5-3-4-6-11(10)16/h3-7,12H,1-2H3,(H2,17,19,20,22). The first kappa shape index (κ1) is 16.1. The predicted octanol–water partition coefficient (Wildman–Crippen LogP) is 3.19. The first-order valence-electron chi connectivity index (χ1n) is 7.07. The summed E-state index contributed by atoms with van der Waals surface area (Å²) in [6, 6.07) is 4.67. The van der Waals surface area contributed by atoms with E-state index in [-0.39, 0.29) is 11.4 Å². The van der Waals surface area contributed by atoms with Crippen LogP contribution < -0.4 is 10.6 Å². The largest absolute Gasteiger partial charge is 0.340 e. The molecule has 1 unspecified atom stereocenters. The molecule has 0 radical (unpaired) electrons. The summed E-state index contributed by atoms with van der Waals surface area (Å²) in [4.78, 5) is 21.3. The zero-order valence-corrected chi connectivity index (χ0v) is 13.7. The maximum absolute atomic E-state index is 14.1. The fraction of sp³-hybridized carbons (Fsp3) is 0.200. The van der Waals surface area contributed by atoms with Crippen molar-refractivity contribution in [2.24, 2.45) is 0 Å². The highest BCUT2D eigenvalue weighted by Crippen LogP contribution is 2.23. The molecule has 0 aliphatic carbocycles. The van der Waals surface area contributed by atoms with Gasteiger partial charge in [0.15, 0.2) is 11.0 Å². The molecule has 0 saturated carbocycles. The molecule has 124 valence electrons. The molecule has 7 nitrogen and oxygen atoms in total. The highest BCUT2D eigenvalue weighted by Gasteiger charge is 2.25. The van der Waals surface area contributed by atoms with Crippen LogP contribution in [0.2, 0.25) is 0 Å². The van der Waals surface area contributed by atoms with Gasteiger partial charge in [0.25, 0.3) is 0 Å². The smallest absolute Gasteiger partial charge is 0.321 e. The molecule has 9 heteroatoms. The van der Waals surface area contributed by atoms with Gasteiger partial charge in [-0.25, -0.2) is 14.2 Å². The third kappa shape index (κ3) is 3.57. The number of aromatic nitrogens is 3. The molecule has 0 aliphatic rings. The summed E-state index contributed by atoms with van der Waals surface area (Å²) < 4.78 is 19.1. The normalized spacial score (nSPS) is 12.0. The molecule has 0 spiro atoms. The molecule has 2 aromatic heterocycles. The highest BCUT2D eigenvalue weighted by molar-refractivity contribution is 7.15. The highest BCUT2D eigenvalue weighted by atomic mass is 32.1. The third-order valence-electron chi connectivity index (χ3n) is 3.13. The van der Waals surface area contributed by atoms with Crippen LogP contribution in [0.5, 0.6) is 0 Å². The summed E-state index contributed by atoms with van der Waals surface area (Å²) in [5.74, 6) is 0.0162. The topological polar surface area (TPSA) is 92.9 Å². The van der Waals surface area contributed by atoms with Crippen LogP contribution >= 0.6 is 11.3 Å². The van der Waals surface area contributed by atoms with Gasteiger partial charge in [0, 0.05) is 23.6 Å². The number of anilines is 1. The Labute approximate surface area is 140 Å². The van der Waals surface area contributed by atoms with Crippen LogP contribution in [0.4, 0.5) is 14.3 Å². The Morgan fingerprint density at radius 2 is 2.12 bits per heavy atom. The molecule has 0 saturated heterocycles. The molecule has 0 aliphatic heterocycles. The molecular weight excluding hydrogens is 333 g/mol. The number of thiazole rings is 1. The maximum atomic E-state index is 14.1. The van der Waals surface area contributed by atoms with Gasteiger partial charge in [0.2, 0.25) is 5.89 Å². The average molecular weight is 347 g/mol. The number of hydrogen-bond donors (Lipinski definition) is 2. The molecule has 2 amide bonds. The van der Waals surface area contributed by atoms with E-state index in [9.17, 15) is 9.18 Å². The first-order chi connectivity index (χ1) is 11.5. The third-order valence-corrected chi connectivity index (χ3v) is 3.96. The van der Waals surface area contributed by atoms with Crippen molar-refractivity contribution in [3.8, 4) is 0 Å². The Morgan fingerprint density at radius 1 is 1.33 bits per heavy atom. The Morgan fingerprint density at radius 3 is 2.75 bits per heavy atom. The van der Waals surface area contributed by atoms with Crippen LogP contribution in [-0.4, -0.2) is 21.2 Å². The second kappa shape index (κ2) is 6.75. The van der Waals surface area contributed by atoms with E-state index in [0.717, 1.165) is 4.88 Å². The summed E-state index contributed by atoms with van der Waals surface area (Å²) in [6.07, 6.45) is 1.65. The van der Waals surface area contributed by atoms with Gasteiger partial charge >= 0.3 is 6.03 Å². The molecule has 0 bridgehead atoms. The Hall–Kier alpha value is -2.81. The van der Waals surface area contributed by atoms with E-state index in [0.29, 0.717) is 11.0 Å². The lowest BCUT2D eigenvalue weighted by molar-refractivity contribution is 0.249. The van der Waals surface area contributed by atoms with Crippen molar-refractivity contribution in [3.63, 3.8) is 0 Å². The number of hydrogen-bond acceptors (Lipinski definition) is 6. The van der Waals surface area contributed by atoms with Crippen LogP contribution in [0.3, 0.4) is 0 Å². The summed E-state index contributed by atoms with van der Waals surface area (Å²) >= 11 is 1.34. The molecular formula is C15H14FN5O2S. The van der Waals surface area contributed by atoms with E-state index >= 15 is 0 Å². The molecule has 3 aromatic rings. The molecule has 24 heavy (non-hydrogen) atoms. The van der Waals surface area contributed by atoms with E-state index in [1.54, 1.807) is 31.3 Å². The van der Waals surface area contributed by atoms with Gasteiger partial charge < -0.3 is 9.84 Å². The zero-order chi connectivity index (χ0) is 17.1. The second-order valence-corrected chi connectivity index (χ2v) is 6.24. The summed E-state index contributed by atoms with van der Waals surface area (Å²) in [5.41, 5.74) is 0.240. The molecule has 1 aromatic carbocycles. The number of benzene rings is 1. The molecule has 2 heterocycles. The van der Waals surface area contributed by atoms with Crippen LogP contribution in [0.15, 0.2) is 35.0 Å². The molecule has 3 rings (SSSR count). The van der Waals surface area contributed by atoms with Gasteiger partial charge in [-0.3, -0.25) is 5.32 Å². The number of nitrogens with one attached hydrogen (secondary N) is 2. The minimum atomic E-state index is -0.885. The van der Waals surface area contributed by atoms with Gasteiger partial charge in [-0.2, -0.15) is 4.98 Å². The fourth-order valence-corrected chi connectivity index (χ4v) is 2.76. The van der Waals surface area contributed by atoms with Crippen LogP contribution in [-0.2, 0) is 0 Å². The number of carbonyl (C=O) groups is 1. The van der Waals surface area contributed by atoms with Crippen molar-refractivity contribution < 1.29 is 13.7 Å². The van der Waals surface area contributed by atoms with Gasteiger partial charge in [-0.15, -0.1) is 11.3 Å². The van der Waals surface area contributed by atoms with Crippen molar-refractivity contribution >= 4 is 22.5 Å². The predicted molar refractivity (Wildman–Crippen MR) is 86.3 cm³/mol. The quantitative estimate of drug-likeness (QED) is 0.756. The minimum absolute atomic E-state index is 0.170.